The highest BCUT2D eigenvalue weighted by Crippen LogP contribution is 2.16. The summed E-state index contributed by atoms with van der Waals surface area (Å²) >= 11 is 0. The molecule has 2 rings (SSSR count). The Labute approximate surface area is 134 Å². The van der Waals surface area contributed by atoms with Crippen molar-refractivity contribution in [2.45, 2.75) is 13.3 Å². The lowest BCUT2D eigenvalue weighted by Gasteiger charge is -2.06. The number of carbonyl (C=O) groups excluding carboxylic acids is 1. The Balaban J connectivity index is 1.89. The van der Waals surface area contributed by atoms with Crippen LogP contribution < -0.4 is 5.32 Å². The van der Waals surface area contributed by atoms with E-state index in [1.54, 1.807) is 19.2 Å². The molecule has 124 valence electrons. The topological polar surface area (TPSA) is 76.2 Å². The molecule has 0 saturated carbocycles. The van der Waals surface area contributed by atoms with Gasteiger partial charge in [-0.2, -0.15) is 0 Å². The lowest BCUT2D eigenvalue weighted by atomic mass is 10.2. The highest BCUT2D eigenvalue weighted by atomic mass is 19.1. The van der Waals surface area contributed by atoms with Gasteiger partial charge in [0.25, 0.3) is 5.91 Å². The number of halogens is 1. The maximum absolute atomic E-state index is 13.7. The van der Waals surface area contributed by atoms with Crippen LogP contribution in [0.1, 0.15) is 21.9 Å². The van der Waals surface area contributed by atoms with Crippen molar-refractivity contribution >= 4 is 11.6 Å². The summed E-state index contributed by atoms with van der Waals surface area (Å²) in [5.41, 5.74) is 1.28. The Morgan fingerprint density at radius 1 is 1.35 bits per heavy atom. The van der Waals surface area contributed by atoms with Crippen molar-refractivity contribution in [1.82, 2.24) is 9.97 Å². The lowest BCUT2D eigenvalue weighted by molar-refractivity contribution is 0.0717. The molecule has 1 heterocycles. The molecule has 1 aromatic heterocycles. The molecule has 0 saturated heterocycles. The number of benzene rings is 1. The van der Waals surface area contributed by atoms with Crippen LogP contribution in [-0.4, -0.2) is 42.8 Å². The lowest BCUT2D eigenvalue weighted by Crippen LogP contribution is -2.14. The Kier molecular flexibility index (Phi) is 6.25. The van der Waals surface area contributed by atoms with Crippen LogP contribution in [0.15, 0.2) is 24.4 Å². The summed E-state index contributed by atoms with van der Waals surface area (Å²) in [5, 5.41) is 2.53. The van der Waals surface area contributed by atoms with Crippen LogP contribution in [0.5, 0.6) is 0 Å². The number of H-pyrrole nitrogens is 1. The van der Waals surface area contributed by atoms with Gasteiger partial charge in [-0.1, -0.05) is 6.07 Å². The smallest absolute Gasteiger partial charge is 0.273 e. The van der Waals surface area contributed by atoms with Gasteiger partial charge in [-0.15, -0.1) is 0 Å². The van der Waals surface area contributed by atoms with Crippen LogP contribution in [0.25, 0.3) is 0 Å². The molecular weight excluding hydrogens is 301 g/mol. The van der Waals surface area contributed by atoms with Crippen LogP contribution in [-0.2, 0) is 15.9 Å². The maximum Gasteiger partial charge on any atom is 0.273 e. The first-order valence-electron chi connectivity index (χ1n) is 7.28. The number of amides is 1. The summed E-state index contributed by atoms with van der Waals surface area (Å²) in [6.07, 6.45) is 1.98. The van der Waals surface area contributed by atoms with Gasteiger partial charge >= 0.3 is 0 Å². The number of rotatable bonds is 8. The van der Waals surface area contributed by atoms with Crippen molar-refractivity contribution in [2.75, 3.05) is 32.2 Å². The normalized spacial score (nSPS) is 10.7. The Bertz CT molecular complexity index is 658. The zero-order valence-corrected chi connectivity index (χ0v) is 13.2. The van der Waals surface area contributed by atoms with Crippen LogP contribution in [0.3, 0.4) is 0 Å². The number of aryl methyl sites for hydroxylation is 1. The summed E-state index contributed by atoms with van der Waals surface area (Å²) in [5.74, 6) is -0.277. The molecule has 0 aliphatic rings. The molecule has 1 aromatic carbocycles. The minimum atomic E-state index is -0.477. The molecule has 0 aliphatic carbocycles. The number of methoxy groups -OCH3 is 1. The number of carbonyl (C=O) groups is 1. The van der Waals surface area contributed by atoms with Gasteiger partial charge in [0.1, 0.15) is 17.3 Å². The number of hydrogen-bond acceptors (Lipinski definition) is 4. The fourth-order valence-electron chi connectivity index (χ4n) is 1.94. The summed E-state index contributed by atoms with van der Waals surface area (Å²) < 4.78 is 23.9. The van der Waals surface area contributed by atoms with E-state index in [0.717, 1.165) is 5.56 Å². The first kappa shape index (κ1) is 17.1. The van der Waals surface area contributed by atoms with Gasteiger partial charge in [0.15, 0.2) is 0 Å². The molecule has 0 aliphatic heterocycles. The number of hydrogen-bond donors (Lipinski definition) is 2. The number of aromatic nitrogens is 2. The highest BCUT2D eigenvalue weighted by molar-refractivity contribution is 6.02. The number of ether oxygens (including phenoxy) is 2. The van der Waals surface area contributed by atoms with E-state index in [4.69, 9.17) is 9.47 Å². The number of anilines is 1. The third-order valence-electron chi connectivity index (χ3n) is 3.16. The summed E-state index contributed by atoms with van der Waals surface area (Å²) in [6.45, 7) is 3.35. The Morgan fingerprint density at radius 2 is 2.17 bits per heavy atom. The fraction of sp³-hybridized carbons (Fsp3) is 0.375. The van der Waals surface area contributed by atoms with Gasteiger partial charge in [-0.05, 0) is 24.6 Å². The Morgan fingerprint density at radius 3 is 2.96 bits per heavy atom. The van der Waals surface area contributed by atoms with E-state index in [-0.39, 0.29) is 11.4 Å². The molecule has 0 spiro atoms. The average Bonchev–Trinajstić information content (AvgIpc) is 3.00. The second kappa shape index (κ2) is 8.40. The molecule has 0 radical (unpaired) electrons. The zero-order chi connectivity index (χ0) is 16.7. The van der Waals surface area contributed by atoms with Gasteiger partial charge in [-0.25, -0.2) is 9.37 Å². The monoisotopic (exact) mass is 321 g/mol. The molecule has 0 fully saturated rings. The quantitative estimate of drug-likeness (QED) is 0.732. The molecule has 0 unspecified atom stereocenters. The van der Waals surface area contributed by atoms with Crippen LogP contribution in [0.2, 0.25) is 0 Å². The molecule has 0 bridgehead atoms. The second-order valence-electron chi connectivity index (χ2n) is 5.04. The number of nitrogens with one attached hydrogen (secondary N) is 2. The molecule has 7 heteroatoms. The van der Waals surface area contributed by atoms with E-state index in [0.29, 0.717) is 32.1 Å². The fourth-order valence-corrected chi connectivity index (χ4v) is 1.94. The van der Waals surface area contributed by atoms with E-state index in [1.807, 2.05) is 6.92 Å². The predicted molar refractivity (Wildman–Crippen MR) is 84.1 cm³/mol. The van der Waals surface area contributed by atoms with Crippen molar-refractivity contribution in [1.29, 1.82) is 0 Å². The van der Waals surface area contributed by atoms with Gasteiger partial charge < -0.3 is 19.8 Å². The predicted octanol–water partition coefficient (Wildman–Crippen LogP) is 2.32. The highest BCUT2D eigenvalue weighted by Gasteiger charge is 2.12. The zero-order valence-electron chi connectivity index (χ0n) is 13.2. The molecule has 1 amide bonds. The number of aromatic amines is 1. The first-order chi connectivity index (χ1) is 11.1. The van der Waals surface area contributed by atoms with E-state index in [1.165, 1.54) is 12.3 Å². The average molecular weight is 321 g/mol. The molecular formula is C16H20FN3O3. The van der Waals surface area contributed by atoms with E-state index in [2.05, 4.69) is 15.3 Å². The molecule has 23 heavy (non-hydrogen) atoms. The van der Waals surface area contributed by atoms with Crippen LogP contribution in [0, 0.1) is 12.7 Å². The van der Waals surface area contributed by atoms with Crippen molar-refractivity contribution in [3.63, 3.8) is 0 Å². The minimum absolute atomic E-state index is 0.147. The SMILES string of the molecule is COCCOCCc1ncc(C(=O)Nc2cc(C)ccc2F)[nH]1. The third kappa shape index (κ3) is 5.15. The molecule has 6 nitrogen and oxygen atoms in total. The van der Waals surface area contributed by atoms with Crippen LogP contribution >= 0.6 is 0 Å². The number of imidazole rings is 1. The van der Waals surface area contributed by atoms with E-state index >= 15 is 0 Å². The largest absolute Gasteiger partial charge is 0.382 e. The van der Waals surface area contributed by atoms with Gasteiger partial charge in [-0.3, -0.25) is 4.79 Å². The summed E-state index contributed by atoms with van der Waals surface area (Å²) in [6, 6.07) is 4.54. The van der Waals surface area contributed by atoms with Crippen molar-refractivity contribution in [2.24, 2.45) is 0 Å². The maximum atomic E-state index is 13.7. The molecule has 2 aromatic rings. The van der Waals surface area contributed by atoms with Gasteiger partial charge in [0, 0.05) is 13.5 Å². The third-order valence-corrected chi connectivity index (χ3v) is 3.16. The van der Waals surface area contributed by atoms with E-state index in [9.17, 15) is 9.18 Å². The second-order valence-corrected chi connectivity index (χ2v) is 5.04. The first-order valence-corrected chi connectivity index (χ1v) is 7.28. The summed E-state index contributed by atoms with van der Waals surface area (Å²) in [4.78, 5) is 19.1. The van der Waals surface area contributed by atoms with Gasteiger partial charge in [0.2, 0.25) is 0 Å². The minimum Gasteiger partial charge on any atom is -0.382 e. The van der Waals surface area contributed by atoms with Gasteiger partial charge in [0.05, 0.1) is 31.7 Å². The van der Waals surface area contributed by atoms with Crippen molar-refractivity contribution in [3.8, 4) is 0 Å². The number of nitrogens with zero attached hydrogens (tertiary/aromatic N) is 1. The standard InChI is InChI=1S/C16H20FN3O3/c1-11-3-4-12(17)13(9-11)20-16(21)14-10-18-15(19-14)5-6-23-8-7-22-2/h3-4,9-10H,5-8H2,1-2H3,(H,18,19)(H,20,21). The summed E-state index contributed by atoms with van der Waals surface area (Å²) in [7, 11) is 1.61. The van der Waals surface area contributed by atoms with Crippen molar-refractivity contribution < 1.29 is 18.7 Å². The Hall–Kier alpha value is -2.25. The molecule has 0 atom stereocenters. The van der Waals surface area contributed by atoms with Crippen LogP contribution in [0.4, 0.5) is 10.1 Å². The molecule has 2 N–H and O–H groups in total. The van der Waals surface area contributed by atoms with Crippen molar-refractivity contribution in [3.05, 3.63) is 47.3 Å². The van der Waals surface area contributed by atoms with E-state index < -0.39 is 11.7 Å².